The molecule has 5 nitrogen and oxygen atoms in total. The van der Waals surface area contributed by atoms with Crippen molar-refractivity contribution >= 4 is 11.7 Å². The largest absolute Gasteiger partial charge is 0.322 e. The molecule has 0 radical (unpaired) electrons. The van der Waals surface area contributed by atoms with Crippen LogP contribution in [0, 0.1) is 5.82 Å². The van der Waals surface area contributed by atoms with Gasteiger partial charge in [0, 0.05) is 31.9 Å². The van der Waals surface area contributed by atoms with E-state index in [0.717, 1.165) is 13.1 Å². The Morgan fingerprint density at radius 3 is 1.86 bits per heavy atom. The van der Waals surface area contributed by atoms with E-state index < -0.39 is 0 Å². The first kappa shape index (κ1) is 17.4. The molecule has 6 heteroatoms. The van der Waals surface area contributed by atoms with E-state index in [1.54, 1.807) is 17.0 Å². The molecule has 0 aromatic heterocycles. The minimum atomic E-state index is -0.315. The molecule has 0 aliphatic rings. The average molecular weight is 296 g/mol. The summed E-state index contributed by atoms with van der Waals surface area (Å²) in [7, 11) is 7.90. The van der Waals surface area contributed by atoms with Crippen LogP contribution in [0.25, 0.3) is 0 Å². The third-order valence-electron chi connectivity index (χ3n) is 3.02. The summed E-state index contributed by atoms with van der Waals surface area (Å²) in [5.41, 5.74) is 0.598. The standard InChI is InChI=1S/C15H25FN4O/c1-18(2)9-11-20(12-10-19(3)4)15(21)17-14-7-5-13(16)6-8-14/h5-8H,9-12H2,1-4H3,(H,17,21). The molecule has 0 spiro atoms. The van der Waals surface area contributed by atoms with Gasteiger partial charge >= 0.3 is 6.03 Å². The van der Waals surface area contributed by atoms with Crippen molar-refractivity contribution in [3.8, 4) is 0 Å². The zero-order chi connectivity index (χ0) is 15.8. The number of likely N-dealkylation sites (N-methyl/N-ethyl adjacent to an activating group) is 2. The Kier molecular flexibility index (Phi) is 7.11. The van der Waals surface area contributed by atoms with Crippen molar-refractivity contribution in [1.82, 2.24) is 14.7 Å². The number of carbonyl (C=O) groups excluding carboxylic acids is 1. The fourth-order valence-electron chi connectivity index (χ4n) is 1.69. The highest BCUT2D eigenvalue weighted by molar-refractivity contribution is 5.89. The third kappa shape index (κ3) is 7.06. The monoisotopic (exact) mass is 296 g/mol. The fraction of sp³-hybridized carbons (Fsp3) is 0.533. The second-order valence-corrected chi connectivity index (χ2v) is 5.53. The maximum atomic E-state index is 12.9. The fourth-order valence-corrected chi connectivity index (χ4v) is 1.69. The summed E-state index contributed by atoms with van der Waals surface area (Å²) in [4.78, 5) is 18.1. The second-order valence-electron chi connectivity index (χ2n) is 5.53. The van der Waals surface area contributed by atoms with Crippen LogP contribution in [0.3, 0.4) is 0 Å². The van der Waals surface area contributed by atoms with Crippen LogP contribution in [0.5, 0.6) is 0 Å². The van der Waals surface area contributed by atoms with Crippen LogP contribution >= 0.6 is 0 Å². The first-order valence-corrected chi connectivity index (χ1v) is 6.99. The molecule has 2 amide bonds. The molecule has 0 saturated carbocycles. The number of carbonyl (C=O) groups is 1. The summed E-state index contributed by atoms with van der Waals surface area (Å²) in [6.45, 7) is 2.89. The van der Waals surface area contributed by atoms with Crippen molar-refractivity contribution < 1.29 is 9.18 Å². The van der Waals surface area contributed by atoms with Crippen LogP contribution in [0.1, 0.15) is 0 Å². The predicted molar refractivity (Wildman–Crippen MR) is 84.1 cm³/mol. The van der Waals surface area contributed by atoms with Crippen molar-refractivity contribution in [2.24, 2.45) is 0 Å². The SMILES string of the molecule is CN(C)CCN(CCN(C)C)C(=O)Nc1ccc(F)cc1. The van der Waals surface area contributed by atoms with Gasteiger partial charge in [-0.25, -0.2) is 9.18 Å². The van der Waals surface area contributed by atoms with Gasteiger partial charge in [0.05, 0.1) is 0 Å². The smallest absolute Gasteiger partial charge is 0.321 e. The summed E-state index contributed by atoms with van der Waals surface area (Å²) in [5.74, 6) is -0.315. The summed E-state index contributed by atoms with van der Waals surface area (Å²) < 4.78 is 12.9. The van der Waals surface area contributed by atoms with Crippen molar-refractivity contribution in [1.29, 1.82) is 0 Å². The predicted octanol–water partition coefficient (Wildman–Crippen LogP) is 1.78. The van der Waals surface area contributed by atoms with Gasteiger partial charge in [-0.15, -0.1) is 0 Å². The van der Waals surface area contributed by atoms with Crippen LogP contribution in [-0.4, -0.2) is 75.1 Å². The lowest BCUT2D eigenvalue weighted by Gasteiger charge is -2.26. The third-order valence-corrected chi connectivity index (χ3v) is 3.02. The number of nitrogens with zero attached hydrogens (tertiary/aromatic N) is 3. The van der Waals surface area contributed by atoms with E-state index in [0.29, 0.717) is 18.8 Å². The zero-order valence-corrected chi connectivity index (χ0v) is 13.3. The van der Waals surface area contributed by atoms with E-state index >= 15 is 0 Å². The maximum absolute atomic E-state index is 12.9. The highest BCUT2D eigenvalue weighted by Gasteiger charge is 2.14. The number of nitrogens with one attached hydrogen (secondary N) is 1. The van der Waals surface area contributed by atoms with E-state index in [-0.39, 0.29) is 11.8 Å². The van der Waals surface area contributed by atoms with E-state index in [4.69, 9.17) is 0 Å². The molecule has 21 heavy (non-hydrogen) atoms. The van der Waals surface area contributed by atoms with Gasteiger partial charge in [0.1, 0.15) is 5.82 Å². The van der Waals surface area contributed by atoms with Crippen LogP contribution in [-0.2, 0) is 0 Å². The van der Waals surface area contributed by atoms with Crippen LogP contribution in [0.4, 0.5) is 14.9 Å². The number of hydrogen-bond acceptors (Lipinski definition) is 3. The first-order chi connectivity index (χ1) is 9.88. The summed E-state index contributed by atoms with van der Waals surface area (Å²) in [6.07, 6.45) is 0. The minimum Gasteiger partial charge on any atom is -0.322 e. The molecule has 1 aromatic carbocycles. The van der Waals surface area contributed by atoms with Gasteiger partial charge in [-0.3, -0.25) is 0 Å². The summed E-state index contributed by atoms with van der Waals surface area (Å²) in [5, 5.41) is 2.80. The molecule has 0 atom stereocenters. The Hall–Kier alpha value is -1.66. The maximum Gasteiger partial charge on any atom is 0.321 e. The molecule has 0 unspecified atom stereocenters. The quantitative estimate of drug-likeness (QED) is 0.833. The van der Waals surface area contributed by atoms with Crippen LogP contribution in [0.15, 0.2) is 24.3 Å². The number of amides is 2. The molecule has 0 aliphatic carbocycles. The van der Waals surface area contributed by atoms with Crippen LogP contribution < -0.4 is 5.32 Å². The number of hydrogen-bond donors (Lipinski definition) is 1. The molecule has 0 aliphatic heterocycles. The number of benzene rings is 1. The van der Waals surface area contributed by atoms with Gasteiger partial charge in [-0.05, 0) is 52.5 Å². The average Bonchev–Trinajstić information content (AvgIpc) is 2.40. The summed E-state index contributed by atoms with van der Waals surface area (Å²) in [6, 6.07) is 5.62. The lowest BCUT2D eigenvalue weighted by Crippen LogP contribution is -2.42. The van der Waals surface area contributed by atoms with Gasteiger partial charge in [0.2, 0.25) is 0 Å². The van der Waals surface area contributed by atoms with Gasteiger partial charge in [0.15, 0.2) is 0 Å². The number of anilines is 1. The highest BCUT2D eigenvalue weighted by atomic mass is 19.1. The first-order valence-electron chi connectivity index (χ1n) is 6.99. The van der Waals surface area contributed by atoms with Crippen molar-refractivity contribution in [3.05, 3.63) is 30.1 Å². The molecule has 1 N–H and O–H groups in total. The minimum absolute atomic E-state index is 0.162. The lowest BCUT2D eigenvalue weighted by atomic mass is 10.3. The van der Waals surface area contributed by atoms with Gasteiger partial charge in [0.25, 0.3) is 0 Å². The Labute approximate surface area is 126 Å². The molecule has 0 heterocycles. The van der Waals surface area contributed by atoms with E-state index in [9.17, 15) is 9.18 Å². The van der Waals surface area contributed by atoms with Crippen molar-refractivity contribution in [3.63, 3.8) is 0 Å². The van der Waals surface area contributed by atoms with E-state index in [2.05, 4.69) is 5.32 Å². The van der Waals surface area contributed by atoms with Gasteiger partial charge in [-0.1, -0.05) is 0 Å². The molecular weight excluding hydrogens is 271 g/mol. The van der Waals surface area contributed by atoms with Crippen LogP contribution in [0.2, 0.25) is 0 Å². The number of halogens is 1. The molecule has 1 rings (SSSR count). The molecular formula is C15H25FN4O. The Morgan fingerprint density at radius 2 is 1.43 bits per heavy atom. The molecule has 1 aromatic rings. The molecule has 0 fully saturated rings. The van der Waals surface area contributed by atoms with Gasteiger partial charge in [-0.2, -0.15) is 0 Å². The van der Waals surface area contributed by atoms with E-state index in [1.807, 2.05) is 38.0 Å². The Morgan fingerprint density at radius 1 is 0.952 bits per heavy atom. The summed E-state index contributed by atoms with van der Waals surface area (Å²) >= 11 is 0. The molecule has 0 bridgehead atoms. The van der Waals surface area contributed by atoms with Crippen molar-refractivity contribution in [2.75, 3.05) is 59.7 Å². The normalized spacial score (nSPS) is 11.0. The lowest BCUT2D eigenvalue weighted by molar-refractivity contribution is 0.198. The second kappa shape index (κ2) is 8.59. The Balaban J connectivity index is 2.62. The van der Waals surface area contributed by atoms with Gasteiger partial charge < -0.3 is 20.0 Å². The Bertz CT molecular complexity index is 422. The molecule has 118 valence electrons. The molecule has 0 saturated heterocycles. The number of rotatable bonds is 7. The van der Waals surface area contributed by atoms with E-state index in [1.165, 1.54) is 12.1 Å². The van der Waals surface area contributed by atoms with Crippen molar-refractivity contribution in [2.45, 2.75) is 0 Å². The zero-order valence-electron chi connectivity index (χ0n) is 13.3. The highest BCUT2D eigenvalue weighted by Crippen LogP contribution is 2.09. The topological polar surface area (TPSA) is 38.8 Å². The number of urea groups is 1.